The fourth-order valence-corrected chi connectivity index (χ4v) is 2.82. The highest BCUT2D eigenvalue weighted by molar-refractivity contribution is 4.89. The zero-order valence-corrected chi connectivity index (χ0v) is 13.5. The predicted molar refractivity (Wildman–Crippen MR) is 80.4 cm³/mol. The molecule has 0 rings (SSSR count). The molecule has 0 bridgehead atoms. The Morgan fingerprint density at radius 2 is 1.53 bits per heavy atom. The van der Waals surface area contributed by atoms with E-state index >= 15 is 0 Å². The van der Waals surface area contributed by atoms with Crippen molar-refractivity contribution in [2.24, 2.45) is 16.7 Å². The summed E-state index contributed by atoms with van der Waals surface area (Å²) in [5.41, 5.74) is 0.997. The van der Waals surface area contributed by atoms with Gasteiger partial charge in [0.1, 0.15) is 0 Å². The van der Waals surface area contributed by atoms with E-state index in [1.165, 1.54) is 44.9 Å². The van der Waals surface area contributed by atoms with Crippen LogP contribution in [0.1, 0.15) is 93.4 Å². The largest absolute Gasteiger partial charge is 0.0654 e. The zero-order valence-electron chi connectivity index (χ0n) is 13.5. The fourth-order valence-electron chi connectivity index (χ4n) is 2.82. The minimum Gasteiger partial charge on any atom is -0.0654 e. The van der Waals surface area contributed by atoms with Gasteiger partial charge in [0.15, 0.2) is 0 Å². The Morgan fingerprint density at radius 1 is 0.941 bits per heavy atom. The van der Waals surface area contributed by atoms with Gasteiger partial charge in [0, 0.05) is 0 Å². The molecule has 0 spiro atoms. The fraction of sp³-hybridized carbons (Fsp3) is 1.00. The van der Waals surface area contributed by atoms with Crippen LogP contribution in [0, 0.1) is 16.7 Å². The lowest BCUT2D eigenvalue weighted by Gasteiger charge is -2.46. The Kier molecular flexibility index (Phi) is 7.44. The molecule has 0 aliphatic rings. The highest BCUT2D eigenvalue weighted by Crippen LogP contribution is 2.49. The summed E-state index contributed by atoms with van der Waals surface area (Å²) in [6.07, 6.45) is 9.57. The van der Waals surface area contributed by atoms with Crippen molar-refractivity contribution in [3.63, 3.8) is 0 Å². The summed E-state index contributed by atoms with van der Waals surface area (Å²) in [6.45, 7) is 16.9. The lowest BCUT2D eigenvalue weighted by molar-refractivity contribution is 0.0428. The summed E-state index contributed by atoms with van der Waals surface area (Å²) in [6, 6.07) is 0. The van der Waals surface area contributed by atoms with Crippen LogP contribution in [0.2, 0.25) is 0 Å². The highest BCUT2D eigenvalue weighted by Gasteiger charge is 2.39. The lowest BCUT2D eigenvalue weighted by atomic mass is 9.59. The maximum Gasteiger partial charge on any atom is -0.0272 e. The molecule has 0 saturated carbocycles. The molecule has 17 heavy (non-hydrogen) atoms. The smallest absolute Gasteiger partial charge is 0.0272 e. The molecular formula is C17H36. The van der Waals surface area contributed by atoms with Gasteiger partial charge in [-0.15, -0.1) is 0 Å². The van der Waals surface area contributed by atoms with Crippen molar-refractivity contribution in [2.45, 2.75) is 93.4 Å². The summed E-state index contributed by atoms with van der Waals surface area (Å²) in [4.78, 5) is 0. The van der Waals surface area contributed by atoms with Crippen molar-refractivity contribution in [3.05, 3.63) is 0 Å². The van der Waals surface area contributed by atoms with Crippen LogP contribution >= 0.6 is 0 Å². The van der Waals surface area contributed by atoms with Gasteiger partial charge in [-0.05, 0) is 29.6 Å². The van der Waals surface area contributed by atoms with E-state index in [0.717, 1.165) is 5.92 Å². The van der Waals surface area contributed by atoms with E-state index in [4.69, 9.17) is 0 Å². The van der Waals surface area contributed by atoms with E-state index in [9.17, 15) is 0 Å². The Balaban J connectivity index is 4.68. The number of hydrogen-bond donors (Lipinski definition) is 0. The standard InChI is InChI=1S/C17H36/c1-8-11-12-13-17(7,14-15(4)9-2)16(5,6)10-3/h15H,8-14H2,1-7H3. The van der Waals surface area contributed by atoms with Crippen molar-refractivity contribution in [1.29, 1.82) is 0 Å². The summed E-state index contributed by atoms with van der Waals surface area (Å²) in [5.74, 6) is 0.868. The number of hydrogen-bond acceptors (Lipinski definition) is 0. The molecule has 2 unspecified atom stereocenters. The first-order valence-corrected chi connectivity index (χ1v) is 7.83. The monoisotopic (exact) mass is 240 g/mol. The molecule has 0 amide bonds. The molecular weight excluding hydrogens is 204 g/mol. The number of rotatable bonds is 9. The first-order valence-electron chi connectivity index (χ1n) is 7.83. The molecule has 0 radical (unpaired) electrons. The lowest BCUT2D eigenvalue weighted by Crippen LogP contribution is -2.36. The molecule has 0 heterocycles. The van der Waals surface area contributed by atoms with Crippen molar-refractivity contribution >= 4 is 0 Å². The van der Waals surface area contributed by atoms with Gasteiger partial charge < -0.3 is 0 Å². The summed E-state index contributed by atoms with van der Waals surface area (Å²) >= 11 is 0. The van der Waals surface area contributed by atoms with Gasteiger partial charge >= 0.3 is 0 Å². The van der Waals surface area contributed by atoms with Crippen LogP contribution in [0.25, 0.3) is 0 Å². The molecule has 0 aromatic carbocycles. The van der Waals surface area contributed by atoms with Gasteiger partial charge in [0.05, 0.1) is 0 Å². The molecule has 0 N–H and O–H groups in total. The second-order valence-electron chi connectivity index (χ2n) is 6.97. The van der Waals surface area contributed by atoms with E-state index < -0.39 is 0 Å². The molecule has 0 fully saturated rings. The van der Waals surface area contributed by atoms with Gasteiger partial charge in [-0.1, -0.05) is 80.6 Å². The molecule has 0 nitrogen and oxygen atoms in total. The third-order valence-corrected chi connectivity index (χ3v) is 5.35. The van der Waals surface area contributed by atoms with E-state index in [0.29, 0.717) is 10.8 Å². The minimum absolute atomic E-state index is 0.476. The molecule has 0 heteroatoms. The van der Waals surface area contributed by atoms with Crippen molar-refractivity contribution < 1.29 is 0 Å². The Hall–Kier alpha value is 0. The molecule has 104 valence electrons. The van der Waals surface area contributed by atoms with E-state index in [1.54, 1.807) is 0 Å². The maximum absolute atomic E-state index is 2.54. The predicted octanol–water partition coefficient (Wildman–Crippen LogP) is 6.45. The average molecular weight is 240 g/mol. The van der Waals surface area contributed by atoms with Crippen LogP contribution < -0.4 is 0 Å². The quantitative estimate of drug-likeness (QED) is 0.406. The normalized spacial score (nSPS) is 17.8. The van der Waals surface area contributed by atoms with Crippen LogP contribution in [0.5, 0.6) is 0 Å². The van der Waals surface area contributed by atoms with E-state index in [2.05, 4.69) is 48.5 Å². The average Bonchev–Trinajstić information content (AvgIpc) is 2.29. The van der Waals surface area contributed by atoms with Crippen LogP contribution in [0.3, 0.4) is 0 Å². The van der Waals surface area contributed by atoms with Crippen LogP contribution in [-0.2, 0) is 0 Å². The molecule has 2 atom stereocenters. The van der Waals surface area contributed by atoms with Gasteiger partial charge in [-0.2, -0.15) is 0 Å². The SMILES string of the molecule is CCCCCC(C)(CC(C)CC)C(C)(C)CC. The third kappa shape index (κ3) is 5.02. The van der Waals surface area contributed by atoms with Gasteiger partial charge in [0.25, 0.3) is 0 Å². The molecule has 0 saturated heterocycles. The second kappa shape index (κ2) is 7.44. The van der Waals surface area contributed by atoms with Crippen molar-refractivity contribution in [3.8, 4) is 0 Å². The Bertz CT molecular complexity index is 192. The number of unbranched alkanes of at least 4 members (excludes halogenated alkanes) is 2. The molecule has 0 aromatic rings. The van der Waals surface area contributed by atoms with Crippen LogP contribution in [0.15, 0.2) is 0 Å². The van der Waals surface area contributed by atoms with Crippen molar-refractivity contribution in [2.75, 3.05) is 0 Å². The third-order valence-electron chi connectivity index (χ3n) is 5.35. The van der Waals surface area contributed by atoms with Crippen LogP contribution in [-0.4, -0.2) is 0 Å². The molecule has 0 aromatic heterocycles. The summed E-state index contributed by atoms with van der Waals surface area (Å²) < 4.78 is 0. The maximum atomic E-state index is 2.54. The van der Waals surface area contributed by atoms with E-state index in [1.807, 2.05) is 0 Å². The Morgan fingerprint density at radius 3 is 1.94 bits per heavy atom. The van der Waals surface area contributed by atoms with Crippen molar-refractivity contribution in [1.82, 2.24) is 0 Å². The second-order valence-corrected chi connectivity index (χ2v) is 6.97. The topological polar surface area (TPSA) is 0 Å². The molecule has 0 aliphatic carbocycles. The van der Waals surface area contributed by atoms with Crippen LogP contribution in [0.4, 0.5) is 0 Å². The van der Waals surface area contributed by atoms with Gasteiger partial charge in [-0.25, -0.2) is 0 Å². The van der Waals surface area contributed by atoms with E-state index in [-0.39, 0.29) is 0 Å². The minimum atomic E-state index is 0.476. The molecule has 0 aliphatic heterocycles. The van der Waals surface area contributed by atoms with Gasteiger partial charge in [0.2, 0.25) is 0 Å². The Labute approximate surface area is 111 Å². The summed E-state index contributed by atoms with van der Waals surface area (Å²) in [7, 11) is 0. The first kappa shape index (κ1) is 17.0. The first-order chi connectivity index (χ1) is 7.83. The summed E-state index contributed by atoms with van der Waals surface area (Å²) in [5, 5.41) is 0. The van der Waals surface area contributed by atoms with Gasteiger partial charge in [-0.3, -0.25) is 0 Å². The highest BCUT2D eigenvalue weighted by atomic mass is 14.4. The zero-order chi connectivity index (χ0) is 13.5.